The number of benzene rings is 1. The number of alkyl carbamates (subject to hydrolysis) is 1. The zero-order chi connectivity index (χ0) is 14.5. The number of carbonyl (C=O) groups excluding carboxylic acids is 1. The average molecular weight is 278 g/mol. The third-order valence-corrected chi connectivity index (χ3v) is 3.93. The Kier molecular flexibility index (Phi) is 4.98. The fraction of sp³-hybridized carbons (Fsp3) is 0.533. The number of piperidine rings is 1. The molecule has 3 atom stereocenters. The number of ether oxygens (including phenoxy) is 1. The van der Waals surface area contributed by atoms with Crippen LogP contribution in [0, 0.1) is 0 Å². The van der Waals surface area contributed by atoms with Crippen molar-refractivity contribution in [2.24, 2.45) is 0 Å². The summed E-state index contributed by atoms with van der Waals surface area (Å²) in [5.41, 5.74) is 1.24. The number of hydrogen-bond donors (Lipinski definition) is 2. The molecule has 0 saturated carbocycles. The number of aliphatic hydroxyl groups excluding tert-OH is 1. The Morgan fingerprint density at radius 2 is 2.15 bits per heavy atom. The lowest BCUT2D eigenvalue weighted by atomic mass is 9.98. The first-order chi connectivity index (χ1) is 9.61. The molecule has 20 heavy (non-hydrogen) atoms. The lowest BCUT2D eigenvalue weighted by molar-refractivity contribution is 0.0232. The molecule has 1 aromatic carbocycles. The summed E-state index contributed by atoms with van der Waals surface area (Å²) in [5.74, 6) is 0. The Hall–Kier alpha value is -1.59. The maximum atomic E-state index is 11.2. The van der Waals surface area contributed by atoms with Gasteiger partial charge in [-0.05, 0) is 18.9 Å². The van der Waals surface area contributed by atoms with E-state index in [2.05, 4.69) is 34.0 Å². The SMILES string of the molecule is COC(=O)N[C@@H]1CCN(C(C)c2ccccc2)C[C@H]1O. The van der Waals surface area contributed by atoms with Gasteiger partial charge in [-0.15, -0.1) is 0 Å². The molecule has 1 aliphatic rings. The number of nitrogens with one attached hydrogen (secondary N) is 1. The molecule has 2 N–H and O–H groups in total. The smallest absolute Gasteiger partial charge is 0.407 e. The molecule has 1 heterocycles. The Morgan fingerprint density at radius 3 is 2.75 bits per heavy atom. The molecule has 2 rings (SSSR count). The second-order valence-electron chi connectivity index (χ2n) is 5.18. The predicted molar refractivity (Wildman–Crippen MR) is 76.4 cm³/mol. The van der Waals surface area contributed by atoms with Crippen LogP contribution in [0.2, 0.25) is 0 Å². The number of carbonyl (C=O) groups is 1. The van der Waals surface area contributed by atoms with Gasteiger partial charge in [0.2, 0.25) is 0 Å². The van der Waals surface area contributed by atoms with Gasteiger partial charge in [0.15, 0.2) is 0 Å². The fourth-order valence-corrected chi connectivity index (χ4v) is 2.63. The van der Waals surface area contributed by atoms with Crippen LogP contribution in [0.25, 0.3) is 0 Å². The number of nitrogens with zero attached hydrogens (tertiary/aromatic N) is 1. The summed E-state index contributed by atoms with van der Waals surface area (Å²) in [6.07, 6.45) is -0.347. The van der Waals surface area contributed by atoms with E-state index in [1.165, 1.54) is 12.7 Å². The van der Waals surface area contributed by atoms with E-state index in [1.807, 2.05) is 18.2 Å². The first kappa shape index (κ1) is 14.8. The normalized spacial score (nSPS) is 24.9. The van der Waals surface area contributed by atoms with E-state index < -0.39 is 12.2 Å². The van der Waals surface area contributed by atoms with Gasteiger partial charge in [0.25, 0.3) is 0 Å². The standard InChI is InChI=1S/C15H22N2O3/c1-11(12-6-4-3-5-7-12)17-9-8-13(14(18)10-17)16-15(19)20-2/h3-7,11,13-14,18H,8-10H2,1-2H3,(H,16,19)/t11?,13-,14-/m1/s1. The minimum absolute atomic E-state index is 0.235. The molecular weight excluding hydrogens is 256 g/mol. The zero-order valence-electron chi connectivity index (χ0n) is 12.0. The first-order valence-corrected chi connectivity index (χ1v) is 6.93. The maximum absolute atomic E-state index is 11.2. The molecule has 1 unspecified atom stereocenters. The van der Waals surface area contributed by atoms with Crippen LogP contribution in [0.1, 0.15) is 24.9 Å². The van der Waals surface area contributed by atoms with Crippen LogP contribution < -0.4 is 5.32 Å². The Morgan fingerprint density at radius 1 is 1.45 bits per heavy atom. The Balaban J connectivity index is 1.93. The van der Waals surface area contributed by atoms with Gasteiger partial charge in [-0.2, -0.15) is 0 Å². The van der Waals surface area contributed by atoms with Crippen molar-refractivity contribution in [3.8, 4) is 0 Å². The van der Waals surface area contributed by atoms with Crippen molar-refractivity contribution >= 4 is 6.09 Å². The minimum Gasteiger partial charge on any atom is -0.453 e. The molecule has 1 fully saturated rings. The van der Waals surface area contributed by atoms with Crippen molar-refractivity contribution in [2.45, 2.75) is 31.5 Å². The topological polar surface area (TPSA) is 61.8 Å². The highest BCUT2D eigenvalue weighted by molar-refractivity contribution is 5.67. The van der Waals surface area contributed by atoms with Gasteiger partial charge in [0.1, 0.15) is 0 Å². The molecule has 0 spiro atoms. The van der Waals surface area contributed by atoms with Crippen molar-refractivity contribution in [3.05, 3.63) is 35.9 Å². The highest BCUT2D eigenvalue weighted by Crippen LogP contribution is 2.24. The maximum Gasteiger partial charge on any atom is 0.407 e. The molecule has 5 heteroatoms. The first-order valence-electron chi connectivity index (χ1n) is 6.93. The summed E-state index contributed by atoms with van der Waals surface area (Å²) < 4.78 is 4.57. The Bertz CT molecular complexity index is 438. The van der Waals surface area contributed by atoms with Crippen LogP contribution >= 0.6 is 0 Å². The van der Waals surface area contributed by atoms with Crippen LogP contribution in [0.15, 0.2) is 30.3 Å². The van der Waals surface area contributed by atoms with Gasteiger partial charge in [-0.25, -0.2) is 4.79 Å². The number of β-amino-alcohol motifs (C(OH)–C–C–N with tert-alkyl or cyclic N) is 1. The molecule has 0 bridgehead atoms. The minimum atomic E-state index is -0.575. The van der Waals surface area contributed by atoms with Gasteiger partial charge in [-0.3, -0.25) is 4.90 Å². The number of aliphatic hydroxyl groups is 1. The largest absolute Gasteiger partial charge is 0.453 e. The third-order valence-electron chi connectivity index (χ3n) is 3.93. The fourth-order valence-electron chi connectivity index (χ4n) is 2.63. The van der Waals surface area contributed by atoms with E-state index >= 15 is 0 Å². The van der Waals surface area contributed by atoms with Crippen molar-refractivity contribution in [3.63, 3.8) is 0 Å². The zero-order valence-corrected chi connectivity index (χ0v) is 12.0. The molecular formula is C15H22N2O3. The van der Waals surface area contributed by atoms with E-state index in [4.69, 9.17) is 0 Å². The molecule has 1 aliphatic heterocycles. The summed E-state index contributed by atoms with van der Waals surface area (Å²) in [7, 11) is 1.33. The van der Waals surface area contributed by atoms with E-state index in [0.717, 1.165) is 6.54 Å². The van der Waals surface area contributed by atoms with Crippen molar-refractivity contribution in [1.29, 1.82) is 0 Å². The second-order valence-corrected chi connectivity index (χ2v) is 5.18. The van der Waals surface area contributed by atoms with Gasteiger partial charge in [0.05, 0.1) is 19.3 Å². The van der Waals surface area contributed by atoms with Gasteiger partial charge in [-0.1, -0.05) is 30.3 Å². The molecule has 0 radical (unpaired) electrons. The van der Waals surface area contributed by atoms with E-state index in [0.29, 0.717) is 13.0 Å². The van der Waals surface area contributed by atoms with Crippen LogP contribution in [-0.2, 0) is 4.74 Å². The third kappa shape index (κ3) is 3.49. The predicted octanol–water partition coefficient (Wildman–Crippen LogP) is 1.54. The molecule has 1 amide bonds. The van der Waals surface area contributed by atoms with E-state index in [1.54, 1.807) is 0 Å². The molecule has 1 aromatic rings. The number of amides is 1. The Labute approximate surface area is 119 Å². The van der Waals surface area contributed by atoms with Crippen LogP contribution in [0.3, 0.4) is 0 Å². The highest BCUT2D eigenvalue weighted by Gasteiger charge is 2.31. The summed E-state index contributed by atoms with van der Waals surface area (Å²) in [6, 6.07) is 10.2. The van der Waals surface area contributed by atoms with Gasteiger partial charge < -0.3 is 15.2 Å². The van der Waals surface area contributed by atoms with Crippen molar-refractivity contribution < 1.29 is 14.6 Å². The lowest BCUT2D eigenvalue weighted by Gasteiger charge is -2.39. The molecule has 5 nitrogen and oxygen atoms in total. The number of rotatable bonds is 3. The van der Waals surface area contributed by atoms with Crippen LogP contribution in [0.4, 0.5) is 4.79 Å². The summed E-state index contributed by atoms with van der Waals surface area (Å²) >= 11 is 0. The molecule has 110 valence electrons. The van der Waals surface area contributed by atoms with Crippen molar-refractivity contribution in [2.75, 3.05) is 20.2 Å². The number of likely N-dealkylation sites (tertiary alicyclic amines) is 1. The molecule has 0 aromatic heterocycles. The van der Waals surface area contributed by atoms with Crippen LogP contribution in [0.5, 0.6) is 0 Å². The second kappa shape index (κ2) is 6.72. The summed E-state index contributed by atoms with van der Waals surface area (Å²) in [5, 5.41) is 12.8. The summed E-state index contributed by atoms with van der Waals surface area (Å²) in [4.78, 5) is 13.4. The molecule has 0 aliphatic carbocycles. The van der Waals surface area contributed by atoms with Gasteiger partial charge >= 0.3 is 6.09 Å². The highest BCUT2D eigenvalue weighted by atomic mass is 16.5. The lowest BCUT2D eigenvalue weighted by Crippen LogP contribution is -2.54. The summed E-state index contributed by atoms with van der Waals surface area (Å²) in [6.45, 7) is 3.52. The molecule has 1 saturated heterocycles. The van der Waals surface area contributed by atoms with Crippen LogP contribution in [-0.4, -0.2) is 48.4 Å². The average Bonchev–Trinajstić information content (AvgIpc) is 2.49. The van der Waals surface area contributed by atoms with Gasteiger partial charge in [0, 0.05) is 19.1 Å². The number of methoxy groups -OCH3 is 1. The van der Waals surface area contributed by atoms with E-state index in [9.17, 15) is 9.90 Å². The quantitative estimate of drug-likeness (QED) is 0.880. The van der Waals surface area contributed by atoms with Crippen molar-refractivity contribution in [1.82, 2.24) is 10.2 Å². The monoisotopic (exact) mass is 278 g/mol. The van der Waals surface area contributed by atoms with E-state index in [-0.39, 0.29) is 12.1 Å². The number of hydrogen-bond acceptors (Lipinski definition) is 4.